The van der Waals surface area contributed by atoms with E-state index in [2.05, 4.69) is 5.32 Å². The van der Waals surface area contributed by atoms with Crippen LogP contribution in [-0.2, 0) is 25.6 Å². The molecule has 1 aromatic carbocycles. The second-order valence-corrected chi connectivity index (χ2v) is 6.53. The number of rotatable bonds is 9. The van der Waals surface area contributed by atoms with Gasteiger partial charge in [0.1, 0.15) is 0 Å². The Morgan fingerprint density at radius 3 is 2.79 bits per heavy atom. The second kappa shape index (κ2) is 10.4. The number of halogens is 3. The summed E-state index contributed by atoms with van der Waals surface area (Å²) in [4.78, 5) is 24.1. The molecule has 6 nitrogen and oxygen atoms in total. The maximum Gasteiger partial charge on any atom is 0.471 e. The molecule has 0 radical (unpaired) electrons. The highest BCUT2D eigenvalue weighted by Crippen LogP contribution is 2.21. The van der Waals surface area contributed by atoms with Gasteiger partial charge in [-0.1, -0.05) is 12.1 Å². The molecular formula is C19H25F3N2O4. The second-order valence-electron chi connectivity index (χ2n) is 6.53. The Bertz CT molecular complexity index is 661. The van der Waals surface area contributed by atoms with E-state index in [1.807, 2.05) is 0 Å². The minimum absolute atomic E-state index is 0.0724. The molecule has 0 saturated carbocycles. The first-order chi connectivity index (χ1) is 13.3. The van der Waals surface area contributed by atoms with E-state index in [9.17, 15) is 22.8 Å². The van der Waals surface area contributed by atoms with Crippen molar-refractivity contribution in [3.8, 4) is 0 Å². The molecule has 0 aliphatic carbocycles. The SMILES string of the molecule is CCN(Cc1cccc(NC(=O)CCOCC2CCCO2)c1)C(=O)C(F)(F)F. The number of carbonyl (C=O) groups is 2. The van der Waals surface area contributed by atoms with Gasteiger partial charge in [0, 0.05) is 25.4 Å². The van der Waals surface area contributed by atoms with Crippen molar-refractivity contribution in [3.05, 3.63) is 29.8 Å². The zero-order valence-electron chi connectivity index (χ0n) is 15.8. The van der Waals surface area contributed by atoms with E-state index < -0.39 is 12.1 Å². The van der Waals surface area contributed by atoms with Crippen LogP contribution in [0.3, 0.4) is 0 Å². The van der Waals surface area contributed by atoms with Crippen LogP contribution in [0.4, 0.5) is 18.9 Å². The van der Waals surface area contributed by atoms with Gasteiger partial charge >= 0.3 is 12.1 Å². The number of hydrogen-bond donors (Lipinski definition) is 1. The molecule has 1 N–H and O–H groups in total. The van der Waals surface area contributed by atoms with Crippen molar-refractivity contribution in [2.24, 2.45) is 0 Å². The smallest absolute Gasteiger partial charge is 0.378 e. The van der Waals surface area contributed by atoms with Crippen molar-refractivity contribution >= 4 is 17.5 Å². The third kappa shape index (κ3) is 7.12. The molecular weight excluding hydrogens is 377 g/mol. The lowest BCUT2D eigenvalue weighted by Gasteiger charge is -2.22. The lowest BCUT2D eigenvalue weighted by Crippen LogP contribution is -2.40. The van der Waals surface area contributed by atoms with Gasteiger partial charge in [-0.25, -0.2) is 0 Å². The van der Waals surface area contributed by atoms with Crippen molar-refractivity contribution in [1.29, 1.82) is 0 Å². The number of carbonyl (C=O) groups excluding carboxylic acids is 2. The predicted octanol–water partition coefficient (Wildman–Crippen LogP) is 3.12. The van der Waals surface area contributed by atoms with Crippen LogP contribution in [0.15, 0.2) is 24.3 Å². The first-order valence-corrected chi connectivity index (χ1v) is 9.24. The normalized spacial score (nSPS) is 16.8. The summed E-state index contributed by atoms with van der Waals surface area (Å²) < 4.78 is 48.7. The van der Waals surface area contributed by atoms with Crippen LogP contribution in [0.5, 0.6) is 0 Å². The third-order valence-electron chi connectivity index (χ3n) is 4.30. The molecule has 0 spiro atoms. The highest BCUT2D eigenvalue weighted by Gasteiger charge is 2.41. The molecule has 1 saturated heterocycles. The van der Waals surface area contributed by atoms with Crippen molar-refractivity contribution < 1.29 is 32.2 Å². The number of nitrogens with one attached hydrogen (secondary N) is 1. The van der Waals surface area contributed by atoms with E-state index in [0.717, 1.165) is 19.4 Å². The first-order valence-electron chi connectivity index (χ1n) is 9.24. The molecule has 0 aromatic heterocycles. The Labute approximate surface area is 162 Å². The highest BCUT2D eigenvalue weighted by atomic mass is 19.4. The molecule has 2 amide bonds. The van der Waals surface area contributed by atoms with Gasteiger partial charge in [0.05, 0.1) is 25.7 Å². The lowest BCUT2D eigenvalue weighted by molar-refractivity contribution is -0.185. The number of alkyl halides is 3. The molecule has 0 bridgehead atoms. The van der Waals surface area contributed by atoms with Crippen LogP contribution in [0.1, 0.15) is 31.7 Å². The van der Waals surface area contributed by atoms with Crippen molar-refractivity contribution in [2.75, 3.05) is 31.7 Å². The summed E-state index contributed by atoms with van der Waals surface area (Å²) in [5, 5.41) is 2.69. The summed E-state index contributed by atoms with van der Waals surface area (Å²) in [6, 6.07) is 6.41. The molecule has 9 heteroatoms. The van der Waals surface area contributed by atoms with E-state index in [-0.39, 0.29) is 38.1 Å². The van der Waals surface area contributed by atoms with Gasteiger partial charge in [-0.05, 0) is 37.5 Å². The largest absolute Gasteiger partial charge is 0.471 e. The lowest BCUT2D eigenvalue weighted by atomic mass is 10.2. The average molecular weight is 402 g/mol. The summed E-state index contributed by atoms with van der Waals surface area (Å²) in [6.07, 6.45) is -2.67. The maximum absolute atomic E-state index is 12.6. The van der Waals surface area contributed by atoms with E-state index in [4.69, 9.17) is 9.47 Å². The van der Waals surface area contributed by atoms with Crippen molar-refractivity contribution in [2.45, 2.75) is 45.0 Å². The van der Waals surface area contributed by atoms with Gasteiger partial charge in [0.25, 0.3) is 0 Å². The minimum atomic E-state index is -4.91. The van der Waals surface area contributed by atoms with Crippen LogP contribution in [0, 0.1) is 0 Å². The van der Waals surface area contributed by atoms with Crippen LogP contribution in [-0.4, -0.2) is 55.4 Å². The van der Waals surface area contributed by atoms with E-state index >= 15 is 0 Å². The summed E-state index contributed by atoms with van der Waals surface area (Å²) in [6.45, 7) is 2.68. The van der Waals surface area contributed by atoms with Gasteiger partial charge in [-0.3, -0.25) is 9.59 Å². The molecule has 1 aliphatic rings. The fourth-order valence-electron chi connectivity index (χ4n) is 2.85. The Hall–Kier alpha value is -2.13. The highest BCUT2D eigenvalue weighted by molar-refractivity contribution is 5.90. The molecule has 28 heavy (non-hydrogen) atoms. The van der Waals surface area contributed by atoms with E-state index in [0.29, 0.717) is 22.8 Å². The summed E-state index contributed by atoms with van der Waals surface area (Å²) >= 11 is 0. The van der Waals surface area contributed by atoms with E-state index in [1.165, 1.54) is 6.92 Å². The monoisotopic (exact) mass is 402 g/mol. The molecule has 1 atom stereocenters. The maximum atomic E-state index is 12.6. The Kier molecular flexibility index (Phi) is 8.25. The zero-order chi connectivity index (χ0) is 20.6. The van der Waals surface area contributed by atoms with Gasteiger partial charge in [-0.2, -0.15) is 13.2 Å². The van der Waals surface area contributed by atoms with Crippen LogP contribution in [0.2, 0.25) is 0 Å². The fraction of sp³-hybridized carbons (Fsp3) is 0.579. The summed E-state index contributed by atoms with van der Waals surface area (Å²) in [5.74, 6) is -2.14. The molecule has 1 aliphatic heterocycles. The number of amides is 2. The molecule has 1 aromatic rings. The predicted molar refractivity (Wildman–Crippen MR) is 96.6 cm³/mol. The van der Waals surface area contributed by atoms with Gasteiger partial charge in [0.15, 0.2) is 0 Å². The standard InChI is InChI=1S/C19H25F3N2O4/c1-2-24(18(26)19(20,21)22)12-14-5-3-6-15(11-14)23-17(25)8-10-27-13-16-7-4-9-28-16/h3,5-6,11,16H,2,4,7-10,12-13H2,1H3,(H,23,25). The molecule has 1 heterocycles. The molecule has 1 unspecified atom stereocenters. The molecule has 156 valence electrons. The number of anilines is 1. The Morgan fingerprint density at radius 2 is 2.14 bits per heavy atom. The fourth-order valence-corrected chi connectivity index (χ4v) is 2.85. The Balaban J connectivity index is 1.81. The minimum Gasteiger partial charge on any atom is -0.378 e. The third-order valence-corrected chi connectivity index (χ3v) is 4.30. The van der Waals surface area contributed by atoms with Crippen molar-refractivity contribution in [1.82, 2.24) is 4.90 Å². The first kappa shape index (κ1) is 22.2. The van der Waals surface area contributed by atoms with Gasteiger partial charge in [-0.15, -0.1) is 0 Å². The number of benzene rings is 1. The topological polar surface area (TPSA) is 67.9 Å². The summed E-state index contributed by atoms with van der Waals surface area (Å²) in [5.41, 5.74) is 0.948. The molecule has 2 rings (SSSR count). The van der Waals surface area contributed by atoms with Crippen LogP contribution >= 0.6 is 0 Å². The Morgan fingerprint density at radius 1 is 1.36 bits per heavy atom. The van der Waals surface area contributed by atoms with Crippen LogP contribution in [0.25, 0.3) is 0 Å². The van der Waals surface area contributed by atoms with E-state index in [1.54, 1.807) is 24.3 Å². The zero-order valence-corrected chi connectivity index (χ0v) is 15.8. The van der Waals surface area contributed by atoms with Crippen LogP contribution < -0.4 is 5.32 Å². The van der Waals surface area contributed by atoms with Gasteiger partial charge in [0.2, 0.25) is 5.91 Å². The number of nitrogens with zero attached hydrogens (tertiary/aromatic N) is 1. The van der Waals surface area contributed by atoms with Gasteiger partial charge < -0.3 is 19.7 Å². The van der Waals surface area contributed by atoms with Crippen molar-refractivity contribution in [3.63, 3.8) is 0 Å². The average Bonchev–Trinajstić information content (AvgIpc) is 3.16. The number of hydrogen-bond acceptors (Lipinski definition) is 4. The molecule has 1 fully saturated rings. The summed E-state index contributed by atoms with van der Waals surface area (Å²) in [7, 11) is 0. The number of ether oxygens (including phenoxy) is 2. The quantitative estimate of drug-likeness (QED) is 0.645.